The second kappa shape index (κ2) is 4.31. The van der Waals surface area contributed by atoms with Crippen LogP contribution < -0.4 is 0 Å². The smallest absolute Gasteiger partial charge is 0.00990 e. The van der Waals surface area contributed by atoms with E-state index in [1.165, 1.54) is 22.3 Å². The van der Waals surface area contributed by atoms with Gasteiger partial charge < -0.3 is 0 Å². The molecule has 0 spiro atoms. The zero-order valence-electron chi connectivity index (χ0n) is 9.25. The predicted molar refractivity (Wildman–Crippen MR) is 64.8 cm³/mol. The summed E-state index contributed by atoms with van der Waals surface area (Å²) >= 11 is 0. The summed E-state index contributed by atoms with van der Waals surface area (Å²) in [7, 11) is 0. The first kappa shape index (κ1) is 9.97. The Hall–Kier alpha value is -1.56. The summed E-state index contributed by atoms with van der Waals surface area (Å²) in [4.78, 5) is 0. The fraction of sp³-hybridized carbons (Fsp3) is 0.200. The highest BCUT2D eigenvalue weighted by Gasteiger charge is 1.98. The molecule has 0 nitrogen and oxygen atoms in total. The van der Waals surface area contributed by atoms with Gasteiger partial charge in [0.05, 0.1) is 0 Å². The van der Waals surface area contributed by atoms with Crippen molar-refractivity contribution in [2.75, 3.05) is 0 Å². The van der Waals surface area contributed by atoms with Gasteiger partial charge in [0.2, 0.25) is 0 Å². The van der Waals surface area contributed by atoms with Crippen molar-refractivity contribution in [2.45, 2.75) is 20.3 Å². The Morgan fingerprint density at radius 3 is 2.73 bits per heavy atom. The van der Waals surface area contributed by atoms with Crippen molar-refractivity contribution in [3.63, 3.8) is 0 Å². The summed E-state index contributed by atoms with van der Waals surface area (Å²) in [6.45, 7) is 4.29. The molecule has 0 bridgehead atoms. The Morgan fingerprint density at radius 1 is 1.13 bits per heavy atom. The van der Waals surface area contributed by atoms with Gasteiger partial charge in [-0.05, 0) is 36.1 Å². The number of benzene rings is 2. The van der Waals surface area contributed by atoms with Crippen molar-refractivity contribution in [1.29, 1.82) is 0 Å². The van der Waals surface area contributed by atoms with Crippen molar-refractivity contribution >= 4 is 0 Å². The maximum atomic E-state index is 3.29. The Balaban J connectivity index is 2.44. The van der Waals surface area contributed by atoms with Crippen LogP contribution in [-0.2, 0) is 6.42 Å². The minimum Gasteiger partial charge on any atom is -0.0614 e. The topological polar surface area (TPSA) is 0 Å². The van der Waals surface area contributed by atoms with E-state index in [1.54, 1.807) is 0 Å². The number of rotatable bonds is 2. The molecule has 0 saturated heterocycles. The van der Waals surface area contributed by atoms with E-state index < -0.39 is 0 Å². The van der Waals surface area contributed by atoms with Gasteiger partial charge in [0, 0.05) is 0 Å². The molecule has 0 N–H and O–H groups in total. The van der Waals surface area contributed by atoms with Gasteiger partial charge in [-0.2, -0.15) is 0 Å². The van der Waals surface area contributed by atoms with Gasteiger partial charge in [-0.1, -0.05) is 55.0 Å². The van der Waals surface area contributed by atoms with Gasteiger partial charge >= 0.3 is 0 Å². The number of hydrogen-bond acceptors (Lipinski definition) is 0. The first-order valence-corrected chi connectivity index (χ1v) is 5.37. The molecule has 0 saturated carbocycles. The summed E-state index contributed by atoms with van der Waals surface area (Å²) in [5, 5.41) is 0. The van der Waals surface area contributed by atoms with Crippen LogP contribution in [0.2, 0.25) is 0 Å². The van der Waals surface area contributed by atoms with Crippen molar-refractivity contribution in [2.24, 2.45) is 0 Å². The van der Waals surface area contributed by atoms with Crippen LogP contribution >= 0.6 is 0 Å². The lowest BCUT2D eigenvalue weighted by atomic mass is 10.0. The maximum Gasteiger partial charge on any atom is -0.00990 e. The van der Waals surface area contributed by atoms with Crippen LogP contribution in [0.4, 0.5) is 0 Å². The molecular formula is C15H15. The number of aryl methyl sites for hydroxylation is 2. The molecule has 0 unspecified atom stereocenters. The van der Waals surface area contributed by atoms with E-state index in [9.17, 15) is 0 Å². The van der Waals surface area contributed by atoms with E-state index in [4.69, 9.17) is 0 Å². The quantitative estimate of drug-likeness (QED) is 0.678. The largest absolute Gasteiger partial charge is 0.0614 e. The second-order valence-electron chi connectivity index (χ2n) is 3.83. The third-order valence-corrected chi connectivity index (χ3v) is 2.60. The molecule has 0 heteroatoms. The molecule has 0 aromatic heterocycles. The van der Waals surface area contributed by atoms with Crippen molar-refractivity contribution in [1.82, 2.24) is 0 Å². The molecule has 75 valence electrons. The van der Waals surface area contributed by atoms with Crippen molar-refractivity contribution in [3.05, 3.63) is 59.7 Å². The van der Waals surface area contributed by atoms with Gasteiger partial charge in [-0.25, -0.2) is 0 Å². The summed E-state index contributed by atoms with van der Waals surface area (Å²) in [5.41, 5.74) is 5.11. The Kier molecular flexibility index (Phi) is 2.86. The minimum atomic E-state index is 1.08. The highest BCUT2D eigenvalue weighted by Crippen LogP contribution is 2.20. The highest BCUT2D eigenvalue weighted by atomic mass is 14.0. The minimum absolute atomic E-state index is 1.08. The second-order valence-corrected chi connectivity index (χ2v) is 3.83. The summed E-state index contributed by atoms with van der Waals surface area (Å²) in [5.74, 6) is 0. The third-order valence-electron chi connectivity index (χ3n) is 2.60. The van der Waals surface area contributed by atoms with Crippen LogP contribution in [0.25, 0.3) is 11.1 Å². The van der Waals surface area contributed by atoms with E-state index in [-0.39, 0.29) is 0 Å². The van der Waals surface area contributed by atoms with Crippen LogP contribution in [0.1, 0.15) is 18.1 Å². The fourth-order valence-corrected chi connectivity index (χ4v) is 1.71. The molecule has 0 heterocycles. The molecular weight excluding hydrogens is 180 g/mol. The predicted octanol–water partition coefficient (Wildman–Crippen LogP) is 4.02. The van der Waals surface area contributed by atoms with Crippen LogP contribution in [0.3, 0.4) is 0 Å². The molecule has 2 aromatic carbocycles. The van der Waals surface area contributed by atoms with E-state index in [2.05, 4.69) is 56.3 Å². The monoisotopic (exact) mass is 195 g/mol. The molecule has 0 amide bonds. The van der Waals surface area contributed by atoms with Gasteiger partial charge in [-0.15, -0.1) is 0 Å². The van der Waals surface area contributed by atoms with E-state index in [1.807, 2.05) is 6.07 Å². The van der Waals surface area contributed by atoms with Crippen molar-refractivity contribution in [3.8, 4) is 11.1 Å². The van der Waals surface area contributed by atoms with Gasteiger partial charge in [0.1, 0.15) is 0 Å². The van der Waals surface area contributed by atoms with Crippen LogP contribution in [-0.4, -0.2) is 0 Å². The fourth-order valence-electron chi connectivity index (χ4n) is 1.71. The van der Waals surface area contributed by atoms with Crippen molar-refractivity contribution < 1.29 is 0 Å². The van der Waals surface area contributed by atoms with Crippen LogP contribution in [0, 0.1) is 13.0 Å². The highest BCUT2D eigenvalue weighted by molar-refractivity contribution is 5.64. The third kappa shape index (κ3) is 2.27. The standard InChI is InChI=1S/C15H15/c1-3-13-7-5-9-15(11-13)14-8-4-6-12(2)10-14/h4-8,10-11H,3H2,1-2H3. The lowest BCUT2D eigenvalue weighted by molar-refractivity contribution is 1.14. The average molecular weight is 195 g/mol. The van der Waals surface area contributed by atoms with Gasteiger partial charge in [0.25, 0.3) is 0 Å². The van der Waals surface area contributed by atoms with Gasteiger partial charge in [0.15, 0.2) is 0 Å². The molecule has 1 radical (unpaired) electrons. The lowest BCUT2D eigenvalue weighted by Crippen LogP contribution is -1.83. The normalized spacial score (nSPS) is 10.3. The SMILES string of the molecule is CCc1cc[c]c(-c2cccc(C)c2)c1. The molecule has 0 fully saturated rings. The Bertz CT molecular complexity index is 455. The lowest BCUT2D eigenvalue weighted by Gasteiger charge is -2.04. The average Bonchev–Trinajstić information content (AvgIpc) is 2.29. The van der Waals surface area contributed by atoms with E-state index >= 15 is 0 Å². The molecule has 15 heavy (non-hydrogen) atoms. The summed E-state index contributed by atoms with van der Waals surface area (Å²) in [6, 6.07) is 18.2. The zero-order chi connectivity index (χ0) is 10.7. The maximum absolute atomic E-state index is 3.29. The zero-order valence-corrected chi connectivity index (χ0v) is 9.25. The van der Waals surface area contributed by atoms with Crippen LogP contribution in [0.5, 0.6) is 0 Å². The Labute approximate surface area is 91.6 Å². The number of hydrogen-bond donors (Lipinski definition) is 0. The first-order chi connectivity index (χ1) is 7.29. The van der Waals surface area contributed by atoms with Crippen LogP contribution in [0.15, 0.2) is 42.5 Å². The van der Waals surface area contributed by atoms with E-state index in [0.29, 0.717) is 0 Å². The molecule has 0 aliphatic heterocycles. The summed E-state index contributed by atoms with van der Waals surface area (Å²) in [6.07, 6.45) is 1.08. The molecule has 0 aliphatic carbocycles. The Morgan fingerprint density at radius 2 is 2.00 bits per heavy atom. The van der Waals surface area contributed by atoms with E-state index in [0.717, 1.165) is 6.42 Å². The molecule has 2 rings (SSSR count). The summed E-state index contributed by atoms with van der Waals surface area (Å²) < 4.78 is 0. The molecule has 0 atom stereocenters. The van der Waals surface area contributed by atoms with Gasteiger partial charge in [-0.3, -0.25) is 0 Å². The molecule has 0 aliphatic rings. The first-order valence-electron chi connectivity index (χ1n) is 5.37. The molecule has 2 aromatic rings.